The molecule has 0 fully saturated rings. The number of esters is 1. The molecule has 0 aliphatic carbocycles. The molecule has 63 heavy (non-hydrogen) atoms. The van der Waals surface area contributed by atoms with Gasteiger partial charge in [0.2, 0.25) is 17.7 Å². The van der Waals surface area contributed by atoms with Crippen molar-refractivity contribution in [1.29, 1.82) is 0 Å². The molecule has 0 bridgehead atoms. The number of carbonyl (C=O) groups excluding carboxylic acids is 6. The molecular formula is C49H81ClN4O8Si. The van der Waals surface area contributed by atoms with E-state index in [2.05, 4.69) is 71.3 Å². The standard InChI is InChI=1S/C49H81ClN4O8Si/c1-19-31(5)43(37(11)55)52-42(56)29-53(15)47(59)40(28-38-23-25-39(50)26-24-38)54(16)46(58)36(10)51-45(57)41(27-30(3)4)61-48(60)34(8)22-21-33(7)35(9)44(32(6)20-2)62-63(17,18)49(12,13)14/h20,22-26,30-31,33,35-36,40-41,43-44H,19,21,27-29H2,1-18H3,(H,51,57)(H,52,56)/b32-20+,34-22+/t31?,33-,35-,36-,40+,41+,43-,44+/m0/s1. The minimum atomic E-state index is -2.07. The summed E-state index contributed by atoms with van der Waals surface area (Å²) in [5.74, 6) is -2.84. The van der Waals surface area contributed by atoms with Gasteiger partial charge in [-0.25, -0.2) is 4.79 Å². The SMILES string of the molecule is C/C=C(\C)[C@@H](O[Si](C)(C)C(C)(C)C)[C@@H](C)[C@@H](C)C/C=C(\C)C(=O)O[C@H](CC(C)C)C(=O)N[C@@H](C)C(=O)N(C)[C@H](Cc1ccc(Cl)cc1)C(=O)N(C)CC(=O)N[C@H](C(C)=O)C(C)CC. The molecule has 14 heteroatoms. The first-order valence-electron chi connectivity index (χ1n) is 22.5. The number of halogens is 1. The largest absolute Gasteiger partial charge is 0.449 e. The quantitative estimate of drug-likeness (QED) is 0.0453. The van der Waals surface area contributed by atoms with Crippen LogP contribution in [-0.2, 0) is 44.4 Å². The van der Waals surface area contributed by atoms with Crippen LogP contribution < -0.4 is 10.6 Å². The van der Waals surface area contributed by atoms with Crippen LogP contribution in [0.15, 0.2) is 47.6 Å². The summed E-state index contributed by atoms with van der Waals surface area (Å²) >= 11 is 6.13. The lowest BCUT2D eigenvalue weighted by atomic mass is 9.85. The smallest absolute Gasteiger partial charge is 0.334 e. The van der Waals surface area contributed by atoms with Gasteiger partial charge in [-0.2, -0.15) is 0 Å². The Morgan fingerprint density at radius 2 is 1.44 bits per heavy atom. The minimum absolute atomic E-state index is 0.0230. The van der Waals surface area contributed by atoms with Gasteiger partial charge in [-0.15, -0.1) is 0 Å². The van der Waals surface area contributed by atoms with E-state index >= 15 is 0 Å². The number of benzene rings is 1. The molecule has 0 saturated carbocycles. The van der Waals surface area contributed by atoms with Crippen molar-refractivity contribution in [3.63, 3.8) is 0 Å². The summed E-state index contributed by atoms with van der Waals surface area (Å²) in [6.07, 6.45) is 4.30. The fourth-order valence-electron chi connectivity index (χ4n) is 6.80. The van der Waals surface area contributed by atoms with Gasteiger partial charge in [-0.1, -0.05) is 105 Å². The van der Waals surface area contributed by atoms with Crippen LogP contribution in [-0.4, -0.2) is 104 Å². The molecule has 2 N–H and O–H groups in total. The molecule has 356 valence electrons. The van der Waals surface area contributed by atoms with Gasteiger partial charge in [0.15, 0.2) is 20.2 Å². The summed E-state index contributed by atoms with van der Waals surface area (Å²) in [5, 5.41) is 6.03. The van der Waals surface area contributed by atoms with E-state index in [0.29, 0.717) is 29.0 Å². The molecule has 12 nitrogen and oxygen atoms in total. The van der Waals surface area contributed by atoms with Gasteiger partial charge in [-0.05, 0) is 113 Å². The lowest BCUT2D eigenvalue weighted by Gasteiger charge is -2.42. The molecule has 0 aromatic heterocycles. The van der Waals surface area contributed by atoms with Crippen molar-refractivity contribution < 1.29 is 37.9 Å². The van der Waals surface area contributed by atoms with Crippen molar-refractivity contribution >= 4 is 55.3 Å². The number of carbonyl (C=O) groups is 6. The third kappa shape index (κ3) is 17.9. The zero-order chi connectivity index (χ0) is 48.7. The molecule has 0 heterocycles. The fraction of sp³-hybridized carbons (Fsp3) is 0.673. The molecule has 1 aromatic rings. The maximum absolute atomic E-state index is 14.1. The molecule has 1 rings (SSSR count). The molecule has 0 spiro atoms. The molecule has 1 aromatic carbocycles. The van der Waals surface area contributed by atoms with Gasteiger partial charge in [0.1, 0.15) is 12.1 Å². The second-order valence-electron chi connectivity index (χ2n) is 19.6. The van der Waals surface area contributed by atoms with E-state index in [-0.39, 0.29) is 60.0 Å². The van der Waals surface area contributed by atoms with E-state index in [9.17, 15) is 28.8 Å². The average molecular weight is 918 g/mol. The highest BCUT2D eigenvalue weighted by Crippen LogP contribution is 2.40. The predicted octanol–water partition coefficient (Wildman–Crippen LogP) is 8.72. The number of rotatable bonds is 24. The number of Topliss-reactive ketones (excluding diaryl/α,β-unsaturated/α-hetero) is 1. The van der Waals surface area contributed by atoms with Crippen molar-refractivity contribution in [2.24, 2.45) is 23.7 Å². The maximum Gasteiger partial charge on any atom is 0.334 e. The molecule has 0 saturated heterocycles. The van der Waals surface area contributed by atoms with E-state index in [1.807, 2.05) is 40.7 Å². The highest BCUT2D eigenvalue weighted by molar-refractivity contribution is 6.74. The van der Waals surface area contributed by atoms with Crippen molar-refractivity contribution in [3.8, 4) is 0 Å². The highest BCUT2D eigenvalue weighted by Gasteiger charge is 2.41. The zero-order valence-corrected chi connectivity index (χ0v) is 43.5. The van der Waals surface area contributed by atoms with Gasteiger partial charge in [0.05, 0.1) is 18.7 Å². The third-order valence-corrected chi connectivity index (χ3v) is 17.5. The Hall–Kier alpha value is -3.81. The van der Waals surface area contributed by atoms with Gasteiger partial charge < -0.3 is 29.6 Å². The molecule has 0 aliphatic rings. The Bertz CT molecular complexity index is 1770. The molecule has 1 unspecified atom stereocenters. The summed E-state index contributed by atoms with van der Waals surface area (Å²) in [4.78, 5) is 83.2. The summed E-state index contributed by atoms with van der Waals surface area (Å²) in [5.41, 5.74) is 2.27. The van der Waals surface area contributed by atoms with Gasteiger partial charge in [0.25, 0.3) is 5.91 Å². The van der Waals surface area contributed by atoms with Crippen LogP contribution in [0, 0.1) is 23.7 Å². The van der Waals surface area contributed by atoms with Crippen molar-refractivity contribution in [1.82, 2.24) is 20.4 Å². The van der Waals surface area contributed by atoms with Gasteiger partial charge in [-0.3, -0.25) is 24.0 Å². The first kappa shape index (κ1) is 57.2. The first-order valence-corrected chi connectivity index (χ1v) is 25.8. The highest BCUT2D eigenvalue weighted by atomic mass is 35.5. The summed E-state index contributed by atoms with van der Waals surface area (Å²) in [6.45, 7) is 31.5. The Morgan fingerprint density at radius 1 is 0.873 bits per heavy atom. The second kappa shape index (κ2) is 25.6. The number of hydrogen-bond acceptors (Lipinski definition) is 8. The molecule has 0 aliphatic heterocycles. The third-order valence-electron chi connectivity index (χ3n) is 12.7. The Morgan fingerprint density at radius 3 is 1.94 bits per heavy atom. The Kier molecular flexibility index (Phi) is 23.3. The van der Waals surface area contributed by atoms with Gasteiger partial charge in [0, 0.05) is 31.1 Å². The molecule has 0 radical (unpaired) electrons. The lowest BCUT2D eigenvalue weighted by molar-refractivity contribution is -0.154. The van der Waals surface area contributed by atoms with E-state index in [1.165, 1.54) is 43.3 Å². The van der Waals surface area contributed by atoms with Crippen LogP contribution in [0.5, 0.6) is 0 Å². The van der Waals surface area contributed by atoms with Crippen LogP contribution in [0.2, 0.25) is 23.2 Å². The summed E-state index contributed by atoms with van der Waals surface area (Å²) < 4.78 is 12.7. The Balaban J connectivity index is 3.24. The van der Waals surface area contributed by atoms with Crippen molar-refractivity contribution in [3.05, 3.63) is 58.1 Å². The molecule has 8 atom stereocenters. The minimum Gasteiger partial charge on any atom is -0.449 e. The van der Waals surface area contributed by atoms with Crippen molar-refractivity contribution in [2.75, 3.05) is 20.6 Å². The predicted molar refractivity (Wildman–Crippen MR) is 257 cm³/mol. The summed E-state index contributed by atoms with van der Waals surface area (Å²) in [6, 6.07) is 3.97. The van der Waals surface area contributed by atoms with Crippen LogP contribution in [0.1, 0.15) is 122 Å². The number of likely N-dealkylation sites (N-methyl/N-ethyl adjacent to an activating group) is 2. The van der Waals surface area contributed by atoms with Crippen LogP contribution in [0.25, 0.3) is 0 Å². The normalized spacial score (nSPS) is 16.4. The summed E-state index contributed by atoms with van der Waals surface area (Å²) in [7, 11) is 0.855. The van der Waals surface area contributed by atoms with E-state index < -0.39 is 62.1 Å². The number of amides is 4. The number of hydrogen-bond donors (Lipinski definition) is 2. The first-order chi connectivity index (χ1) is 29.0. The van der Waals surface area contributed by atoms with E-state index in [1.54, 1.807) is 31.2 Å². The van der Waals surface area contributed by atoms with Crippen LogP contribution in [0.3, 0.4) is 0 Å². The molecule has 4 amide bonds. The fourth-order valence-corrected chi connectivity index (χ4v) is 8.31. The maximum atomic E-state index is 14.1. The van der Waals surface area contributed by atoms with Gasteiger partial charge >= 0.3 is 5.97 Å². The Labute approximate surface area is 385 Å². The van der Waals surface area contributed by atoms with Crippen LogP contribution >= 0.6 is 11.6 Å². The monoisotopic (exact) mass is 917 g/mol. The number of ether oxygens (including phenoxy) is 1. The number of ketones is 1. The van der Waals surface area contributed by atoms with E-state index in [0.717, 1.165) is 0 Å². The topological polar surface area (TPSA) is 151 Å². The van der Waals surface area contributed by atoms with Crippen LogP contribution in [0.4, 0.5) is 0 Å². The zero-order valence-electron chi connectivity index (χ0n) is 41.7. The average Bonchev–Trinajstić information content (AvgIpc) is 3.20. The van der Waals surface area contributed by atoms with Crippen molar-refractivity contribution in [2.45, 2.75) is 171 Å². The second-order valence-corrected chi connectivity index (χ2v) is 24.8. The lowest BCUT2D eigenvalue weighted by Crippen LogP contribution is -2.56. The molecular weight excluding hydrogens is 836 g/mol. The number of nitrogens with zero attached hydrogens (tertiary/aromatic N) is 2. The number of nitrogens with one attached hydrogen (secondary N) is 2. The van der Waals surface area contributed by atoms with E-state index in [4.69, 9.17) is 20.8 Å². The number of allylic oxidation sites excluding steroid dienone is 2.